The Kier molecular flexibility index (Phi) is 74.0. The van der Waals surface area contributed by atoms with Crippen LogP contribution in [0.5, 0.6) is 0 Å². The van der Waals surface area contributed by atoms with Crippen molar-refractivity contribution in [3.63, 3.8) is 0 Å². The Labute approximate surface area is 623 Å². The predicted octanol–water partition coefficient (Wildman–Crippen LogP) is 24.5. The van der Waals surface area contributed by atoms with Crippen LogP contribution in [0.4, 0.5) is 0 Å². The average Bonchev–Trinajstić information content (AvgIpc) is 0.917. The number of phosphoric acid groups is 2. The van der Waals surface area contributed by atoms with Crippen molar-refractivity contribution >= 4 is 39.5 Å². The molecule has 17 nitrogen and oxygen atoms in total. The van der Waals surface area contributed by atoms with E-state index in [1.165, 1.54) is 225 Å². The number of carbonyl (C=O) groups is 4. The lowest BCUT2D eigenvalue weighted by molar-refractivity contribution is -0.161. The first-order valence-corrected chi connectivity index (χ1v) is 44.9. The summed E-state index contributed by atoms with van der Waals surface area (Å²) in [7, 11) is -9.95. The normalized spacial score (nSPS) is 14.1. The van der Waals surface area contributed by atoms with Crippen LogP contribution in [-0.2, 0) is 65.4 Å². The zero-order chi connectivity index (χ0) is 74.6. The maximum atomic E-state index is 13.1. The summed E-state index contributed by atoms with van der Waals surface area (Å²) in [6, 6.07) is 0. The molecule has 0 aromatic carbocycles. The van der Waals surface area contributed by atoms with Crippen LogP contribution in [0.25, 0.3) is 0 Å². The molecule has 0 amide bonds. The third-order valence-electron chi connectivity index (χ3n) is 18.3. The highest BCUT2D eigenvalue weighted by Crippen LogP contribution is 2.45. The van der Waals surface area contributed by atoms with Crippen LogP contribution in [0.1, 0.15) is 400 Å². The van der Waals surface area contributed by atoms with Gasteiger partial charge in [0.25, 0.3) is 0 Å². The molecular weight excluding hydrogens is 1330 g/mol. The molecule has 5 atom stereocenters. The third-order valence-corrected chi connectivity index (χ3v) is 20.2. The first-order chi connectivity index (χ1) is 49.7. The lowest BCUT2D eigenvalue weighted by Crippen LogP contribution is -2.30. The number of carbonyl (C=O) groups excluding carboxylic acids is 4. The molecule has 0 aromatic heterocycles. The number of rotatable bonds is 80. The number of phosphoric ester groups is 2. The van der Waals surface area contributed by atoms with Crippen LogP contribution >= 0.6 is 15.6 Å². The van der Waals surface area contributed by atoms with Crippen molar-refractivity contribution in [3.05, 3.63) is 48.6 Å². The van der Waals surface area contributed by atoms with Crippen molar-refractivity contribution in [2.24, 2.45) is 0 Å². The van der Waals surface area contributed by atoms with Gasteiger partial charge in [0.15, 0.2) is 12.2 Å². The van der Waals surface area contributed by atoms with Crippen LogP contribution in [0, 0.1) is 0 Å². The monoisotopic (exact) mass is 1490 g/mol. The number of esters is 4. The van der Waals surface area contributed by atoms with Gasteiger partial charge >= 0.3 is 39.5 Å². The van der Waals surface area contributed by atoms with Gasteiger partial charge in [-0.15, -0.1) is 0 Å². The van der Waals surface area contributed by atoms with E-state index >= 15 is 0 Å². The lowest BCUT2D eigenvalue weighted by atomic mass is 10.0. The third kappa shape index (κ3) is 75.3. The summed E-state index contributed by atoms with van der Waals surface area (Å²) in [5, 5.41) is 10.7. The second-order valence-corrected chi connectivity index (χ2v) is 31.4. The molecule has 0 bridgehead atoms. The summed E-state index contributed by atoms with van der Waals surface area (Å²) in [6.45, 7) is 4.90. The molecule has 0 saturated heterocycles. The Hall–Kier alpha value is -2.98. The summed E-state index contributed by atoms with van der Waals surface area (Å²) in [6.07, 6.45) is 75.1. The smallest absolute Gasteiger partial charge is 0.462 e. The topological polar surface area (TPSA) is 237 Å². The van der Waals surface area contributed by atoms with Gasteiger partial charge in [-0.05, 0) is 64.2 Å². The number of allylic oxidation sites excluding steroid dienone is 8. The number of aliphatic hydroxyl groups is 1. The quantitative estimate of drug-likeness (QED) is 0.0169. The van der Waals surface area contributed by atoms with E-state index in [9.17, 15) is 43.2 Å². The van der Waals surface area contributed by atoms with Crippen LogP contribution in [0.15, 0.2) is 48.6 Å². The van der Waals surface area contributed by atoms with E-state index in [1.807, 2.05) is 12.2 Å². The van der Waals surface area contributed by atoms with E-state index in [0.717, 1.165) is 89.9 Å². The van der Waals surface area contributed by atoms with Crippen LogP contribution in [0.3, 0.4) is 0 Å². The number of hydrogen-bond donors (Lipinski definition) is 3. The van der Waals surface area contributed by atoms with Gasteiger partial charge in [-0.3, -0.25) is 37.3 Å². The summed E-state index contributed by atoms with van der Waals surface area (Å²) in [5.74, 6) is -2.19. The molecular formula is C83H154O17P2. The number of aliphatic hydroxyl groups excluding tert-OH is 1. The molecule has 0 aliphatic rings. The molecule has 0 aliphatic heterocycles. The van der Waals surface area contributed by atoms with E-state index in [0.29, 0.717) is 32.1 Å². The highest BCUT2D eigenvalue weighted by molar-refractivity contribution is 7.47. The Morgan fingerprint density at radius 3 is 0.775 bits per heavy atom. The number of unbranched alkanes of at least 4 members (excludes halogenated alkanes) is 46. The van der Waals surface area contributed by atoms with Crippen molar-refractivity contribution in [2.45, 2.75) is 418 Å². The minimum absolute atomic E-state index is 0.0258. The van der Waals surface area contributed by atoms with Crippen LogP contribution in [-0.4, -0.2) is 96.7 Å². The summed E-state index contributed by atoms with van der Waals surface area (Å²) in [4.78, 5) is 73.1. The SMILES string of the molecule is CCCCC/C=C\C/C=C\C/C=C\C/C=C\CCCC(=O)O[C@H](COC(=O)CCCCCCCCCCCCCCCCC)COP(=O)(O)OC[C@H](O)COP(=O)(O)OC[C@@H](COC(=O)CCCCCCCCCCCCCCCCC)OC(=O)CCCCCCCCCCCCCCCCC. The molecule has 0 saturated carbocycles. The summed E-state index contributed by atoms with van der Waals surface area (Å²) < 4.78 is 68.7. The molecule has 0 aliphatic carbocycles. The van der Waals surface area contributed by atoms with Crippen molar-refractivity contribution in [1.29, 1.82) is 0 Å². The molecule has 0 spiro atoms. The fourth-order valence-electron chi connectivity index (χ4n) is 11.9. The molecule has 598 valence electrons. The molecule has 2 unspecified atom stereocenters. The molecule has 3 N–H and O–H groups in total. The van der Waals surface area contributed by atoms with E-state index in [4.69, 9.17) is 37.0 Å². The van der Waals surface area contributed by atoms with Gasteiger partial charge in [-0.25, -0.2) is 9.13 Å². The van der Waals surface area contributed by atoms with Gasteiger partial charge in [-0.1, -0.05) is 359 Å². The second-order valence-electron chi connectivity index (χ2n) is 28.4. The molecule has 0 radical (unpaired) electrons. The fraction of sp³-hybridized carbons (Fsp3) is 0.855. The largest absolute Gasteiger partial charge is 0.472 e. The zero-order valence-electron chi connectivity index (χ0n) is 65.6. The van der Waals surface area contributed by atoms with E-state index in [2.05, 4.69) is 64.2 Å². The second kappa shape index (κ2) is 76.2. The molecule has 0 heterocycles. The fourth-order valence-corrected chi connectivity index (χ4v) is 13.5. The maximum absolute atomic E-state index is 13.1. The molecule has 19 heteroatoms. The Balaban J connectivity index is 5.36. The van der Waals surface area contributed by atoms with Crippen molar-refractivity contribution in [1.82, 2.24) is 0 Å². The Morgan fingerprint density at radius 1 is 0.275 bits per heavy atom. The Morgan fingerprint density at radius 2 is 0.490 bits per heavy atom. The van der Waals surface area contributed by atoms with Crippen LogP contribution < -0.4 is 0 Å². The molecule has 0 aromatic rings. The minimum atomic E-state index is -4.98. The standard InChI is InChI=1S/C83H154O17P2/c1-5-9-13-17-21-25-29-33-37-38-42-46-50-54-58-62-66-70-83(88)100-79(74-94-81(86)68-64-60-56-52-48-44-40-35-31-27-23-19-15-11-7-3)76-98-102(91,92)96-72-77(84)71-95-101(89,90)97-75-78(99-82(87)69-65-61-57-53-49-45-41-36-32-28-24-20-16-12-8-4)73-93-80(85)67-63-59-55-51-47-43-39-34-30-26-22-18-14-10-6-2/h21,25,33,37,42,46,54,58,77-79,84H,5-20,22-24,26-32,34-36,38-41,43-45,47-53,55-57,59-76H2,1-4H3,(H,89,90)(H,91,92)/b25-21-,37-33-,46-42-,58-54-/t77-,78-,79-/m1/s1. The van der Waals surface area contributed by atoms with E-state index in [1.54, 1.807) is 0 Å². The van der Waals surface area contributed by atoms with Gasteiger partial charge in [0, 0.05) is 25.7 Å². The zero-order valence-corrected chi connectivity index (χ0v) is 67.3. The first-order valence-electron chi connectivity index (χ1n) is 41.9. The highest BCUT2D eigenvalue weighted by atomic mass is 31.2. The maximum Gasteiger partial charge on any atom is 0.472 e. The van der Waals surface area contributed by atoms with Gasteiger partial charge in [0.05, 0.1) is 26.4 Å². The Bertz CT molecular complexity index is 2120. The number of ether oxygens (including phenoxy) is 4. The lowest BCUT2D eigenvalue weighted by Gasteiger charge is -2.21. The van der Waals surface area contributed by atoms with Gasteiger partial charge < -0.3 is 33.8 Å². The average molecular weight is 1490 g/mol. The van der Waals surface area contributed by atoms with Crippen molar-refractivity contribution < 1.29 is 80.2 Å². The van der Waals surface area contributed by atoms with Crippen molar-refractivity contribution in [2.75, 3.05) is 39.6 Å². The number of hydrogen-bond acceptors (Lipinski definition) is 15. The highest BCUT2D eigenvalue weighted by Gasteiger charge is 2.30. The van der Waals surface area contributed by atoms with Crippen molar-refractivity contribution in [3.8, 4) is 0 Å². The molecule has 0 fully saturated rings. The van der Waals surface area contributed by atoms with Crippen LogP contribution in [0.2, 0.25) is 0 Å². The first kappa shape index (κ1) is 99.0. The predicted molar refractivity (Wildman–Crippen MR) is 418 cm³/mol. The minimum Gasteiger partial charge on any atom is -0.462 e. The van der Waals surface area contributed by atoms with Gasteiger partial charge in [-0.2, -0.15) is 0 Å². The molecule has 0 rings (SSSR count). The molecule has 102 heavy (non-hydrogen) atoms. The van der Waals surface area contributed by atoms with Gasteiger partial charge in [0.1, 0.15) is 19.3 Å². The summed E-state index contributed by atoms with van der Waals surface area (Å²) >= 11 is 0. The van der Waals surface area contributed by atoms with Gasteiger partial charge in [0.2, 0.25) is 0 Å². The van der Waals surface area contributed by atoms with E-state index in [-0.39, 0.29) is 25.7 Å². The van der Waals surface area contributed by atoms with E-state index < -0.39 is 97.5 Å². The summed E-state index contributed by atoms with van der Waals surface area (Å²) in [5.41, 5.74) is 0.